The minimum Gasteiger partial charge on any atom is -0.691 e. The van der Waals surface area contributed by atoms with Crippen LogP contribution in [0.5, 0.6) is 0 Å². The van der Waals surface area contributed by atoms with Crippen molar-refractivity contribution in [1.29, 1.82) is 0 Å². The van der Waals surface area contributed by atoms with Crippen molar-refractivity contribution in [2.75, 3.05) is 10.9 Å². The van der Waals surface area contributed by atoms with Crippen LogP contribution in [0.3, 0.4) is 0 Å². The molecule has 0 unspecified atom stereocenters. The van der Waals surface area contributed by atoms with E-state index in [9.17, 15) is 14.8 Å². The van der Waals surface area contributed by atoms with E-state index in [1.54, 1.807) is 24.3 Å². The Morgan fingerprint density at radius 1 is 0.935 bits per heavy atom. The van der Waals surface area contributed by atoms with Gasteiger partial charge in [0.15, 0.2) is 5.36 Å². The molecule has 0 saturated carbocycles. The summed E-state index contributed by atoms with van der Waals surface area (Å²) in [6, 6.07) is 14.9. The maximum Gasteiger partial charge on any atom is 1.00 e. The van der Waals surface area contributed by atoms with Crippen LogP contribution in [0.15, 0.2) is 79.3 Å². The van der Waals surface area contributed by atoms with Crippen molar-refractivity contribution in [2.24, 2.45) is 10.2 Å². The summed E-state index contributed by atoms with van der Waals surface area (Å²) in [6.07, 6.45) is 0. The number of nitrogens with one attached hydrogen (secondary N) is 2. The molecule has 0 atom stereocenters. The molecule has 0 radical (unpaired) electrons. The fraction of sp³-hybridized carbons (Fsp3) is 0.100. The van der Waals surface area contributed by atoms with Crippen molar-refractivity contribution in [2.45, 2.75) is 18.7 Å². The predicted octanol–water partition coefficient (Wildman–Crippen LogP) is -2.01. The molecule has 3 rings (SSSR count). The van der Waals surface area contributed by atoms with E-state index < -0.39 is 10.9 Å². The number of benzene rings is 3. The minimum absolute atomic E-state index is 0. The summed E-state index contributed by atoms with van der Waals surface area (Å²) in [5.74, 6) is 0. The molecular weight excluding hydrogens is 431 g/mol. The summed E-state index contributed by atoms with van der Waals surface area (Å²) < 4.78 is 4.23. The van der Waals surface area contributed by atoms with Crippen LogP contribution in [0.25, 0.3) is 0 Å². The maximum atomic E-state index is 12.6. The molecule has 3 aromatic carbocycles. The average Bonchev–Trinajstić information content (AvgIpc) is 2.73. The fourth-order valence-corrected chi connectivity index (χ4v) is 2.91. The van der Waals surface area contributed by atoms with Crippen molar-refractivity contribution < 1.29 is 44.2 Å². The average molecular weight is 448 g/mol. The molecule has 9 nitrogen and oxygen atoms in total. The number of nitrogens with zero attached hydrogens (tertiary/aromatic N) is 2. The van der Waals surface area contributed by atoms with Crippen LogP contribution in [-0.2, 0) is 9.37 Å². The third-order valence-corrected chi connectivity index (χ3v) is 4.65. The van der Waals surface area contributed by atoms with Gasteiger partial charge >= 0.3 is 29.6 Å². The normalized spacial score (nSPS) is 11.8. The number of aryl methyl sites for hydroxylation is 2. The molecule has 0 fully saturated rings. The minimum atomic E-state index is -0.597. The van der Waals surface area contributed by atoms with Gasteiger partial charge in [-0.2, -0.15) is 14.5 Å². The monoisotopic (exact) mass is 448 g/mol. The molecule has 0 spiro atoms. The Morgan fingerprint density at radius 3 is 2.35 bits per heavy atom. The first-order chi connectivity index (χ1) is 14.5. The molecule has 154 valence electrons. The number of rotatable bonds is 7. The van der Waals surface area contributed by atoms with Crippen LogP contribution in [0.1, 0.15) is 11.1 Å². The molecule has 31 heavy (non-hydrogen) atoms. The van der Waals surface area contributed by atoms with E-state index in [0.717, 1.165) is 23.2 Å². The van der Waals surface area contributed by atoms with Crippen molar-refractivity contribution in [3.63, 3.8) is 0 Å². The van der Waals surface area contributed by atoms with E-state index in [0.29, 0.717) is 16.3 Å². The molecule has 3 aromatic rings. The smallest absolute Gasteiger partial charge is 0.691 e. The van der Waals surface area contributed by atoms with Gasteiger partial charge in [0, 0.05) is 4.90 Å². The second-order valence-corrected chi connectivity index (χ2v) is 7.04. The molecule has 0 heterocycles. The van der Waals surface area contributed by atoms with Gasteiger partial charge in [-0.1, -0.05) is 17.7 Å². The van der Waals surface area contributed by atoms with E-state index in [-0.39, 0.29) is 40.3 Å². The molecule has 0 aliphatic carbocycles. The van der Waals surface area contributed by atoms with Crippen molar-refractivity contribution in [1.82, 2.24) is 0 Å². The maximum absolute atomic E-state index is 12.6. The molecule has 11 heteroatoms. The summed E-state index contributed by atoms with van der Waals surface area (Å²) in [5, 5.41) is 21.0. The molecule has 0 bridgehead atoms. The SMILES string of the molecule is Cc1ccc(N/N=c2\c(=O)cc/c(=N\Nc3ccc(SOO[O-])cc3)c2=O)c(C)c1.[Na+]. The van der Waals surface area contributed by atoms with E-state index in [1.807, 2.05) is 32.0 Å². The van der Waals surface area contributed by atoms with Gasteiger partial charge in [0.25, 0.3) is 0 Å². The topological polar surface area (TPSA) is 124 Å². The Morgan fingerprint density at radius 2 is 1.68 bits per heavy atom. The second-order valence-electron chi connectivity index (χ2n) is 6.27. The first kappa shape index (κ1) is 25.0. The van der Waals surface area contributed by atoms with Crippen LogP contribution < -0.4 is 67.2 Å². The van der Waals surface area contributed by atoms with Gasteiger partial charge in [0.2, 0.25) is 10.9 Å². The van der Waals surface area contributed by atoms with Crippen LogP contribution in [0.4, 0.5) is 11.4 Å². The zero-order valence-corrected chi connectivity index (χ0v) is 19.9. The second kappa shape index (κ2) is 11.9. The van der Waals surface area contributed by atoms with Gasteiger partial charge in [-0.25, -0.2) is 0 Å². The largest absolute Gasteiger partial charge is 1.00 e. The molecule has 0 aliphatic heterocycles. The Hall–Kier alpha value is -2.31. The zero-order valence-electron chi connectivity index (χ0n) is 17.0. The van der Waals surface area contributed by atoms with Gasteiger partial charge in [0.05, 0.1) is 23.4 Å². The molecule has 0 aliphatic rings. The number of hydrogen-bond acceptors (Lipinski definition) is 10. The first-order valence-electron chi connectivity index (χ1n) is 8.73. The third-order valence-electron chi connectivity index (χ3n) is 4.06. The molecule has 0 amide bonds. The summed E-state index contributed by atoms with van der Waals surface area (Å²) in [7, 11) is 0. The van der Waals surface area contributed by atoms with Crippen LogP contribution >= 0.6 is 12.0 Å². The van der Waals surface area contributed by atoms with E-state index in [1.165, 1.54) is 12.1 Å². The standard InChI is InChI=1S/C20H18N4O5S.Na/c1-12-3-8-16(13(2)11-12)22-24-19-18(25)10-9-17(20(19)26)23-21-14-4-6-15(7-5-14)30-29-28-27;/h3-11,21-22,27H,1-2H3;/q;+1/p-1/b23-17+,24-19+;. The Balaban J connectivity index is 0.00000341. The van der Waals surface area contributed by atoms with Gasteiger partial charge in [-0.15, -0.1) is 0 Å². The quantitative estimate of drug-likeness (QED) is 0.184. The van der Waals surface area contributed by atoms with Crippen LogP contribution in [0.2, 0.25) is 0 Å². The van der Waals surface area contributed by atoms with Crippen LogP contribution in [-0.4, -0.2) is 0 Å². The van der Waals surface area contributed by atoms with Gasteiger partial charge in [-0.05, 0) is 61.9 Å². The van der Waals surface area contributed by atoms with Gasteiger partial charge < -0.3 is 5.26 Å². The molecular formula is C20H17N4NaO5S. The van der Waals surface area contributed by atoms with Gasteiger partial charge in [-0.3, -0.25) is 25.5 Å². The Kier molecular flexibility index (Phi) is 9.59. The van der Waals surface area contributed by atoms with Crippen molar-refractivity contribution >= 4 is 23.4 Å². The Labute approximate surface area is 203 Å². The Bertz CT molecular complexity index is 1260. The van der Waals surface area contributed by atoms with E-state index >= 15 is 0 Å². The summed E-state index contributed by atoms with van der Waals surface area (Å²) in [4.78, 5) is 25.4. The number of hydrogen-bond donors (Lipinski definition) is 2. The zero-order chi connectivity index (χ0) is 21.5. The van der Waals surface area contributed by atoms with Gasteiger partial charge in [0.1, 0.15) is 5.36 Å². The summed E-state index contributed by atoms with van der Waals surface area (Å²) in [5.41, 5.74) is 7.73. The summed E-state index contributed by atoms with van der Waals surface area (Å²) >= 11 is 0.758. The molecule has 2 N–H and O–H groups in total. The van der Waals surface area contributed by atoms with E-state index in [4.69, 9.17) is 0 Å². The van der Waals surface area contributed by atoms with Crippen LogP contribution in [0, 0.1) is 13.8 Å². The number of anilines is 2. The summed E-state index contributed by atoms with van der Waals surface area (Å²) in [6.45, 7) is 3.87. The van der Waals surface area contributed by atoms with Crippen molar-refractivity contribution in [3.05, 3.63) is 96.9 Å². The fourth-order valence-electron chi connectivity index (χ4n) is 2.55. The first-order valence-corrected chi connectivity index (χ1v) is 9.47. The molecule has 0 saturated heterocycles. The predicted molar refractivity (Wildman–Crippen MR) is 110 cm³/mol. The van der Waals surface area contributed by atoms with E-state index in [2.05, 4.69) is 30.4 Å². The molecule has 0 aromatic heterocycles. The third kappa shape index (κ3) is 6.84. The van der Waals surface area contributed by atoms with Crippen molar-refractivity contribution in [3.8, 4) is 0 Å².